The molecule has 29 heavy (non-hydrogen) atoms. The van der Waals surface area contributed by atoms with Crippen molar-refractivity contribution in [1.82, 2.24) is 10.2 Å². The molecule has 3 rings (SSSR count). The lowest BCUT2D eigenvalue weighted by molar-refractivity contribution is -0.143. The summed E-state index contributed by atoms with van der Waals surface area (Å²) in [6.07, 6.45) is 1.31. The van der Waals surface area contributed by atoms with Gasteiger partial charge in [-0.15, -0.1) is 0 Å². The van der Waals surface area contributed by atoms with E-state index in [4.69, 9.17) is 9.47 Å². The van der Waals surface area contributed by atoms with Gasteiger partial charge in [-0.05, 0) is 24.3 Å². The van der Waals surface area contributed by atoms with Crippen LogP contribution in [0.4, 0.5) is 9.18 Å². The molecule has 0 aliphatic carbocycles. The summed E-state index contributed by atoms with van der Waals surface area (Å²) in [5, 5.41) is 2.37. The van der Waals surface area contributed by atoms with E-state index in [1.165, 1.54) is 19.3 Å². The number of benzene rings is 2. The van der Waals surface area contributed by atoms with Crippen molar-refractivity contribution in [3.63, 3.8) is 0 Å². The number of carbonyl (C=O) groups is 3. The predicted molar refractivity (Wildman–Crippen MR) is 99.7 cm³/mol. The average molecular weight is 400 g/mol. The number of esters is 1. The van der Waals surface area contributed by atoms with Crippen molar-refractivity contribution in [1.29, 1.82) is 0 Å². The van der Waals surface area contributed by atoms with Crippen molar-refractivity contribution in [2.45, 2.75) is 0 Å². The second-order valence-corrected chi connectivity index (χ2v) is 5.90. The number of halogens is 1. The molecule has 1 fully saturated rings. The van der Waals surface area contributed by atoms with E-state index in [1.54, 1.807) is 30.3 Å². The first-order valence-corrected chi connectivity index (χ1v) is 8.44. The number of hydrogen-bond donors (Lipinski definition) is 1. The molecule has 8 nitrogen and oxygen atoms in total. The Hall–Kier alpha value is -3.88. The van der Waals surface area contributed by atoms with Gasteiger partial charge in [-0.3, -0.25) is 9.59 Å². The highest BCUT2D eigenvalue weighted by Crippen LogP contribution is 2.32. The summed E-state index contributed by atoms with van der Waals surface area (Å²) in [4.78, 5) is 36.5. The maximum absolute atomic E-state index is 14.4. The Morgan fingerprint density at radius 2 is 1.86 bits per heavy atom. The van der Waals surface area contributed by atoms with Gasteiger partial charge in [-0.25, -0.2) is 14.1 Å². The van der Waals surface area contributed by atoms with Crippen LogP contribution in [0.2, 0.25) is 0 Å². The normalized spacial score (nSPS) is 14.7. The summed E-state index contributed by atoms with van der Waals surface area (Å²) in [5.41, 5.74) is 0.192. The average Bonchev–Trinajstić information content (AvgIpc) is 2.98. The Morgan fingerprint density at radius 3 is 2.52 bits per heavy atom. The Labute approximate surface area is 165 Å². The fourth-order valence-electron chi connectivity index (χ4n) is 2.60. The van der Waals surface area contributed by atoms with Crippen LogP contribution in [-0.2, 0) is 14.3 Å². The summed E-state index contributed by atoms with van der Waals surface area (Å²) in [6, 6.07) is 10.3. The molecule has 0 radical (unpaired) electrons. The molecule has 0 aromatic heterocycles. The third kappa shape index (κ3) is 4.34. The topological polar surface area (TPSA) is 94.2 Å². The van der Waals surface area contributed by atoms with Crippen LogP contribution in [0.25, 0.3) is 6.08 Å². The van der Waals surface area contributed by atoms with E-state index in [0.29, 0.717) is 16.2 Å². The maximum Gasteiger partial charge on any atom is 0.329 e. The standard InChI is InChI=1S/C20H17FN2O6/c1-27-16-10-14(21)17(29-13-6-4-3-5-7-13)9-12(16)8-15-19(25)23(20(26)22-15)11-18(24)28-2/h3-10H,11H2,1-2H3,(H,22,26)/b15-8+. The molecule has 2 aromatic carbocycles. The van der Waals surface area contributed by atoms with E-state index in [-0.39, 0.29) is 17.2 Å². The van der Waals surface area contributed by atoms with Crippen LogP contribution in [0, 0.1) is 5.82 Å². The number of urea groups is 1. The molecule has 1 N–H and O–H groups in total. The van der Waals surface area contributed by atoms with Crippen molar-refractivity contribution in [2.75, 3.05) is 20.8 Å². The van der Waals surface area contributed by atoms with Gasteiger partial charge in [-0.1, -0.05) is 18.2 Å². The number of amides is 3. The SMILES string of the molecule is COC(=O)CN1C(=O)N/C(=C/c2cc(Oc3ccccc3)c(F)cc2OC)C1=O. The molecule has 3 amide bonds. The van der Waals surface area contributed by atoms with Crippen molar-refractivity contribution in [3.8, 4) is 17.2 Å². The van der Waals surface area contributed by atoms with Gasteiger partial charge in [0.2, 0.25) is 0 Å². The minimum Gasteiger partial charge on any atom is -0.496 e. The highest BCUT2D eigenvalue weighted by Gasteiger charge is 2.35. The Morgan fingerprint density at radius 1 is 1.14 bits per heavy atom. The molecule has 0 saturated carbocycles. The molecule has 2 aromatic rings. The number of nitrogens with zero attached hydrogens (tertiary/aromatic N) is 1. The quantitative estimate of drug-likeness (QED) is 0.455. The van der Waals surface area contributed by atoms with Crippen LogP contribution in [-0.4, -0.2) is 43.6 Å². The van der Waals surface area contributed by atoms with Gasteiger partial charge in [-0.2, -0.15) is 0 Å². The van der Waals surface area contributed by atoms with Crippen molar-refractivity contribution >= 4 is 24.0 Å². The fourth-order valence-corrected chi connectivity index (χ4v) is 2.60. The zero-order chi connectivity index (χ0) is 21.0. The second-order valence-electron chi connectivity index (χ2n) is 5.90. The minimum absolute atomic E-state index is 0.0907. The largest absolute Gasteiger partial charge is 0.496 e. The summed E-state index contributed by atoms with van der Waals surface area (Å²) in [5.74, 6) is -1.67. The first kappa shape index (κ1) is 19.9. The van der Waals surface area contributed by atoms with Crippen molar-refractivity contribution in [3.05, 3.63) is 59.5 Å². The lowest BCUT2D eigenvalue weighted by Gasteiger charge is -2.11. The van der Waals surface area contributed by atoms with Crippen LogP contribution < -0.4 is 14.8 Å². The molecule has 0 unspecified atom stereocenters. The minimum atomic E-state index is -0.770. The van der Waals surface area contributed by atoms with Gasteiger partial charge >= 0.3 is 12.0 Å². The monoisotopic (exact) mass is 400 g/mol. The lowest BCUT2D eigenvalue weighted by atomic mass is 10.1. The molecule has 1 aliphatic rings. The van der Waals surface area contributed by atoms with Gasteiger partial charge in [0.1, 0.15) is 23.7 Å². The van der Waals surface area contributed by atoms with Crippen LogP contribution >= 0.6 is 0 Å². The predicted octanol–water partition coefficient (Wildman–Crippen LogP) is 2.69. The second kappa shape index (κ2) is 8.42. The lowest BCUT2D eigenvalue weighted by Crippen LogP contribution is -2.36. The highest BCUT2D eigenvalue weighted by molar-refractivity contribution is 6.15. The van der Waals surface area contributed by atoms with Gasteiger partial charge in [0.05, 0.1) is 14.2 Å². The zero-order valence-electron chi connectivity index (χ0n) is 15.6. The molecule has 9 heteroatoms. The Balaban J connectivity index is 1.93. The van der Waals surface area contributed by atoms with E-state index in [9.17, 15) is 18.8 Å². The van der Waals surface area contributed by atoms with Crippen LogP contribution in [0.3, 0.4) is 0 Å². The number of imide groups is 1. The molecule has 0 spiro atoms. The third-order valence-corrected chi connectivity index (χ3v) is 4.03. The smallest absolute Gasteiger partial charge is 0.329 e. The van der Waals surface area contributed by atoms with E-state index < -0.39 is 30.3 Å². The molecule has 0 atom stereocenters. The van der Waals surface area contributed by atoms with Gasteiger partial charge < -0.3 is 19.5 Å². The van der Waals surface area contributed by atoms with E-state index in [0.717, 1.165) is 13.2 Å². The summed E-state index contributed by atoms with van der Waals surface area (Å²) in [7, 11) is 2.49. The molecule has 1 heterocycles. The number of hydrogen-bond acceptors (Lipinski definition) is 6. The molecule has 1 aliphatic heterocycles. The van der Waals surface area contributed by atoms with Crippen LogP contribution in [0.5, 0.6) is 17.2 Å². The van der Waals surface area contributed by atoms with Crippen molar-refractivity contribution < 1.29 is 33.0 Å². The Bertz CT molecular complexity index is 990. The molecular weight excluding hydrogens is 383 g/mol. The number of para-hydroxylation sites is 1. The summed E-state index contributed by atoms with van der Waals surface area (Å²) >= 11 is 0. The molecular formula is C20H17FN2O6. The van der Waals surface area contributed by atoms with Crippen molar-refractivity contribution in [2.24, 2.45) is 0 Å². The Kier molecular flexibility index (Phi) is 5.77. The number of carbonyl (C=O) groups excluding carboxylic acids is 3. The van der Waals surface area contributed by atoms with Gasteiger partial charge in [0.25, 0.3) is 5.91 Å². The number of methoxy groups -OCH3 is 2. The highest BCUT2D eigenvalue weighted by atomic mass is 19.1. The summed E-state index contributed by atoms with van der Waals surface area (Å²) < 4.78 is 29.6. The van der Waals surface area contributed by atoms with Gasteiger partial charge in [0.15, 0.2) is 11.6 Å². The third-order valence-electron chi connectivity index (χ3n) is 4.03. The number of ether oxygens (including phenoxy) is 3. The molecule has 1 saturated heterocycles. The fraction of sp³-hybridized carbons (Fsp3) is 0.150. The molecule has 0 bridgehead atoms. The first-order valence-electron chi connectivity index (χ1n) is 8.44. The van der Waals surface area contributed by atoms with E-state index in [2.05, 4.69) is 10.1 Å². The number of nitrogens with one attached hydrogen (secondary N) is 1. The van der Waals surface area contributed by atoms with Crippen LogP contribution in [0.15, 0.2) is 48.2 Å². The molecule has 150 valence electrons. The summed E-state index contributed by atoms with van der Waals surface area (Å²) in [6.45, 7) is -0.526. The zero-order valence-corrected chi connectivity index (χ0v) is 15.6. The number of rotatable bonds is 6. The van der Waals surface area contributed by atoms with Crippen LogP contribution in [0.1, 0.15) is 5.56 Å². The maximum atomic E-state index is 14.4. The van der Waals surface area contributed by atoms with E-state index >= 15 is 0 Å². The van der Waals surface area contributed by atoms with Gasteiger partial charge in [0, 0.05) is 11.6 Å². The first-order chi connectivity index (χ1) is 13.9. The van der Waals surface area contributed by atoms with E-state index in [1.807, 2.05) is 0 Å².